The van der Waals surface area contributed by atoms with E-state index in [0.717, 1.165) is 4.90 Å². The Balaban J connectivity index is 1.82. The number of rotatable bonds is 3. The van der Waals surface area contributed by atoms with Crippen LogP contribution in [0.5, 0.6) is 0 Å². The fraction of sp³-hybridized carbons (Fsp3) is 0.125. The highest BCUT2D eigenvalue weighted by atomic mass is 35.5. The van der Waals surface area contributed by atoms with Gasteiger partial charge in [0.05, 0.1) is 17.8 Å². The van der Waals surface area contributed by atoms with Crippen molar-refractivity contribution < 1.29 is 14.0 Å². The van der Waals surface area contributed by atoms with Crippen molar-refractivity contribution in [2.75, 3.05) is 10.2 Å². The standard InChI is InChI=1S/C16H12ClFN2O2/c17-10-5-7-11(8-6-10)20-15(21)9-14(16(20)22)19-13-4-2-1-3-12(13)18/h1-8,14,19H,9H2/t14-/m0/s1. The number of para-hydroxylation sites is 1. The first kappa shape index (κ1) is 14.5. The van der Waals surface area contributed by atoms with Crippen LogP contribution in [-0.4, -0.2) is 17.9 Å². The van der Waals surface area contributed by atoms with E-state index in [2.05, 4.69) is 5.32 Å². The van der Waals surface area contributed by atoms with E-state index in [1.807, 2.05) is 0 Å². The third-order valence-corrected chi connectivity index (χ3v) is 3.69. The van der Waals surface area contributed by atoms with Crippen LogP contribution in [0.15, 0.2) is 48.5 Å². The molecule has 1 N–H and O–H groups in total. The van der Waals surface area contributed by atoms with Crippen LogP contribution in [0.2, 0.25) is 5.02 Å². The van der Waals surface area contributed by atoms with Crippen molar-refractivity contribution in [3.05, 3.63) is 59.4 Å². The van der Waals surface area contributed by atoms with Crippen molar-refractivity contribution >= 4 is 34.8 Å². The maximum atomic E-state index is 13.6. The van der Waals surface area contributed by atoms with Gasteiger partial charge in [0.2, 0.25) is 5.91 Å². The van der Waals surface area contributed by atoms with Crippen molar-refractivity contribution in [2.45, 2.75) is 12.5 Å². The lowest BCUT2D eigenvalue weighted by molar-refractivity contribution is -0.121. The lowest BCUT2D eigenvalue weighted by Crippen LogP contribution is -2.34. The number of amides is 2. The predicted octanol–water partition coefficient (Wildman–Crippen LogP) is 3.22. The van der Waals surface area contributed by atoms with Gasteiger partial charge in [0, 0.05) is 5.02 Å². The molecule has 1 aliphatic heterocycles. The second-order valence-electron chi connectivity index (χ2n) is 4.92. The Labute approximate surface area is 131 Å². The molecule has 0 saturated carbocycles. The first-order valence-electron chi connectivity index (χ1n) is 6.69. The Morgan fingerprint density at radius 2 is 1.77 bits per heavy atom. The molecule has 0 aromatic heterocycles. The average Bonchev–Trinajstić information content (AvgIpc) is 2.77. The maximum Gasteiger partial charge on any atom is 0.256 e. The predicted molar refractivity (Wildman–Crippen MR) is 82.4 cm³/mol. The zero-order valence-electron chi connectivity index (χ0n) is 11.4. The number of imide groups is 1. The molecule has 0 radical (unpaired) electrons. The van der Waals surface area contributed by atoms with Crippen LogP contribution >= 0.6 is 11.6 Å². The van der Waals surface area contributed by atoms with E-state index in [9.17, 15) is 14.0 Å². The van der Waals surface area contributed by atoms with Gasteiger partial charge in [0.25, 0.3) is 5.91 Å². The van der Waals surface area contributed by atoms with Gasteiger partial charge in [-0.1, -0.05) is 23.7 Å². The topological polar surface area (TPSA) is 49.4 Å². The monoisotopic (exact) mass is 318 g/mol. The third-order valence-electron chi connectivity index (χ3n) is 3.44. The number of hydrogen-bond acceptors (Lipinski definition) is 3. The summed E-state index contributed by atoms with van der Waals surface area (Å²) in [5, 5.41) is 3.30. The lowest BCUT2D eigenvalue weighted by atomic mass is 10.2. The lowest BCUT2D eigenvalue weighted by Gasteiger charge is -2.16. The Kier molecular flexibility index (Phi) is 3.81. The molecule has 1 saturated heterocycles. The Morgan fingerprint density at radius 1 is 1.09 bits per heavy atom. The van der Waals surface area contributed by atoms with Gasteiger partial charge in [-0.3, -0.25) is 9.59 Å². The van der Waals surface area contributed by atoms with Crippen LogP contribution < -0.4 is 10.2 Å². The molecule has 22 heavy (non-hydrogen) atoms. The highest BCUT2D eigenvalue weighted by molar-refractivity contribution is 6.30. The Bertz CT molecular complexity index is 733. The number of nitrogens with one attached hydrogen (secondary N) is 1. The van der Waals surface area contributed by atoms with Crippen LogP contribution in [0.1, 0.15) is 6.42 Å². The van der Waals surface area contributed by atoms with Crippen LogP contribution in [0.25, 0.3) is 0 Å². The number of carbonyl (C=O) groups excluding carboxylic acids is 2. The van der Waals surface area contributed by atoms with Gasteiger partial charge in [0.1, 0.15) is 11.9 Å². The highest BCUT2D eigenvalue weighted by Gasteiger charge is 2.39. The van der Waals surface area contributed by atoms with E-state index in [4.69, 9.17) is 11.6 Å². The van der Waals surface area contributed by atoms with Crippen LogP contribution in [0.3, 0.4) is 0 Å². The summed E-state index contributed by atoms with van der Waals surface area (Å²) in [7, 11) is 0. The van der Waals surface area contributed by atoms with Crippen molar-refractivity contribution in [3.63, 3.8) is 0 Å². The van der Waals surface area contributed by atoms with E-state index < -0.39 is 17.8 Å². The van der Waals surface area contributed by atoms with E-state index in [1.54, 1.807) is 36.4 Å². The molecular weight excluding hydrogens is 307 g/mol. The van der Waals surface area contributed by atoms with Gasteiger partial charge in [-0.15, -0.1) is 0 Å². The summed E-state index contributed by atoms with van der Waals surface area (Å²) in [6.07, 6.45) is -0.0181. The van der Waals surface area contributed by atoms with Crippen molar-refractivity contribution in [1.82, 2.24) is 0 Å². The third kappa shape index (κ3) is 2.67. The second kappa shape index (κ2) is 5.77. The Morgan fingerprint density at radius 3 is 2.45 bits per heavy atom. The van der Waals surface area contributed by atoms with E-state index >= 15 is 0 Å². The molecule has 1 heterocycles. The molecule has 112 valence electrons. The molecule has 1 atom stereocenters. The van der Waals surface area contributed by atoms with E-state index in [1.165, 1.54) is 12.1 Å². The van der Waals surface area contributed by atoms with Crippen molar-refractivity contribution in [1.29, 1.82) is 0 Å². The molecule has 1 aliphatic rings. The van der Waals surface area contributed by atoms with Gasteiger partial charge < -0.3 is 5.32 Å². The minimum absolute atomic E-state index is 0.0181. The molecule has 6 heteroatoms. The number of anilines is 2. The molecule has 2 aromatic rings. The van der Waals surface area contributed by atoms with Crippen LogP contribution in [-0.2, 0) is 9.59 Å². The minimum Gasteiger partial charge on any atom is -0.371 e. The molecule has 0 spiro atoms. The zero-order chi connectivity index (χ0) is 15.7. The van der Waals surface area contributed by atoms with Gasteiger partial charge in [0.15, 0.2) is 0 Å². The molecule has 3 rings (SSSR count). The van der Waals surface area contributed by atoms with Gasteiger partial charge >= 0.3 is 0 Å². The van der Waals surface area contributed by atoms with Gasteiger partial charge in [-0.25, -0.2) is 9.29 Å². The van der Waals surface area contributed by atoms with Crippen LogP contribution in [0, 0.1) is 5.82 Å². The Hall–Kier alpha value is -2.40. The molecule has 0 unspecified atom stereocenters. The summed E-state index contributed by atoms with van der Waals surface area (Å²) in [6.45, 7) is 0. The number of nitrogens with zero attached hydrogens (tertiary/aromatic N) is 1. The summed E-state index contributed by atoms with van der Waals surface area (Å²) in [5.41, 5.74) is 0.656. The smallest absolute Gasteiger partial charge is 0.256 e. The largest absolute Gasteiger partial charge is 0.371 e. The number of halogens is 2. The summed E-state index contributed by atoms with van der Waals surface area (Å²) in [5.74, 6) is -1.20. The van der Waals surface area contributed by atoms with E-state index in [0.29, 0.717) is 10.7 Å². The first-order valence-corrected chi connectivity index (χ1v) is 7.07. The molecule has 0 bridgehead atoms. The molecule has 2 aromatic carbocycles. The quantitative estimate of drug-likeness (QED) is 0.884. The minimum atomic E-state index is -0.778. The second-order valence-corrected chi connectivity index (χ2v) is 5.36. The number of hydrogen-bond donors (Lipinski definition) is 1. The average molecular weight is 319 g/mol. The molecule has 1 fully saturated rings. The van der Waals surface area contributed by atoms with Crippen molar-refractivity contribution in [3.8, 4) is 0 Å². The normalized spacial score (nSPS) is 17.9. The maximum absolute atomic E-state index is 13.6. The van der Waals surface area contributed by atoms with E-state index in [-0.39, 0.29) is 18.0 Å². The number of benzene rings is 2. The summed E-state index contributed by atoms with van der Waals surface area (Å²) in [4.78, 5) is 25.6. The highest BCUT2D eigenvalue weighted by Crippen LogP contribution is 2.26. The molecule has 4 nitrogen and oxygen atoms in total. The molecular formula is C16H12ClFN2O2. The molecule has 2 amide bonds. The van der Waals surface area contributed by atoms with Gasteiger partial charge in [-0.2, -0.15) is 0 Å². The fourth-order valence-electron chi connectivity index (χ4n) is 2.37. The van der Waals surface area contributed by atoms with Gasteiger partial charge in [-0.05, 0) is 36.4 Å². The van der Waals surface area contributed by atoms with Crippen LogP contribution in [0.4, 0.5) is 15.8 Å². The fourth-order valence-corrected chi connectivity index (χ4v) is 2.50. The van der Waals surface area contributed by atoms with Crippen molar-refractivity contribution in [2.24, 2.45) is 0 Å². The number of carbonyl (C=O) groups is 2. The SMILES string of the molecule is O=C1C[C@H](Nc2ccccc2F)C(=O)N1c1ccc(Cl)cc1. The zero-order valence-corrected chi connectivity index (χ0v) is 12.2. The summed E-state index contributed by atoms with van der Waals surface area (Å²) in [6, 6.07) is 11.7. The summed E-state index contributed by atoms with van der Waals surface area (Å²) < 4.78 is 13.6. The summed E-state index contributed by atoms with van der Waals surface area (Å²) >= 11 is 5.80. The first-order chi connectivity index (χ1) is 10.6. The molecule has 0 aliphatic carbocycles.